The van der Waals surface area contributed by atoms with Crippen LogP contribution in [-0.4, -0.2) is 34.2 Å². The molecule has 4 aromatic rings. The van der Waals surface area contributed by atoms with Crippen molar-refractivity contribution in [2.45, 2.75) is 11.5 Å². The zero-order chi connectivity index (χ0) is 29.4. The van der Waals surface area contributed by atoms with E-state index < -0.39 is 22.5 Å². The lowest BCUT2D eigenvalue weighted by Gasteiger charge is -2.23. The second kappa shape index (κ2) is 14.0. The highest BCUT2D eigenvalue weighted by molar-refractivity contribution is 9.10. The number of halogens is 3. The van der Waals surface area contributed by atoms with Gasteiger partial charge in [-0.05, 0) is 76.1 Å². The summed E-state index contributed by atoms with van der Waals surface area (Å²) >= 11 is 13.1. The van der Waals surface area contributed by atoms with Gasteiger partial charge in [0.15, 0.2) is 11.5 Å². The van der Waals surface area contributed by atoms with Crippen LogP contribution in [0.2, 0.25) is 5.02 Å². The fourth-order valence-electron chi connectivity index (χ4n) is 3.71. The highest BCUT2D eigenvalue weighted by Gasteiger charge is 2.27. The van der Waals surface area contributed by atoms with E-state index in [2.05, 4.69) is 42.4 Å². The van der Waals surface area contributed by atoms with Crippen LogP contribution in [0.3, 0.4) is 0 Å². The molecule has 1 N–H and O–H groups in total. The molecule has 0 aliphatic carbocycles. The summed E-state index contributed by atoms with van der Waals surface area (Å²) in [4.78, 5) is 12.9. The summed E-state index contributed by atoms with van der Waals surface area (Å²) < 4.78 is 40.7. The average Bonchev–Trinajstić information content (AvgIpc) is 2.97. The van der Waals surface area contributed by atoms with Crippen LogP contribution in [0.25, 0.3) is 0 Å². The first kappa shape index (κ1) is 30.6. The molecule has 0 radical (unpaired) electrons. The largest absolute Gasteiger partial charge is 0.493 e. The lowest BCUT2D eigenvalue weighted by molar-refractivity contribution is -0.119. The lowest BCUT2D eigenvalue weighted by atomic mass is 10.2. The van der Waals surface area contributed by atoms with E-state index in [4.69, 9.17) is 21.1 Å². The first-order valence-corrected chi connectivity index (χ1v) is 15.5. The van der Waals surface area contributed by atoms with Crippen molar-refractivity contribution in [1.82, 2.24) is 5.43 Å². The van der Waals surface area contributed by atoms with E-state index in [1.165, 1.54) is 25.5 Å². The molecule has 0 saturated carbocycles. The number of sulfonamides is 1. The van der Waals surface area contributed by atoms with Crippen molar-refractivity contribution in [2.24, 2.45) is 5.10 Å². The van der Waals surface area contributed by atoms with Crippen LogP contribution in [0.15, 0.2) is 110 Å². The van der Waals surface area contributed by atoms with Gasteiger partial charge in [0, 0.05) is 15.1 Å². The van der Waals surface area contributed by atoms with Crippen LogP contribution in [0.1, 0.15) is 11.1 Å². The summed E-state index contributed by atoms with van der Waals surface area (Å²) in [5, 5.41) is 4.62. The van der Waals surface area contributed by atoms with Gasteiger partial charge in [0.25, 0.3) is 15.9 Å². The van der Waals surface area contributed by atoms with Gasteiger partial charge in [0.05, 0.1) is 28.4 Å². The van der Waals surface area contributed by atoms with Gasteiger partial charge in [-0.25, -0.2) is 13.8 Å². The number of nitrogens with one attached hydrogen (secondary N) is 1. The van der Waals surface area contributed by atoms with Crippen molar-refractivity contribution in [3.8, 4) is 11.5 Å². The molecular weight excluding hydrogens is 698 g/mol. The summed E-state index contributed by atoms with van der Waals surface area (Å²) in [5.41, 5.74) is 4.15. The maximum atomic E-state index is 13.4. The van der Waals surface area contributed by atoms with Crippen molar-refractivity contribution in [3.05, 3.63) is 116 Å². The molecule has 0 spiro atoms. The Morgan fingerprint density at radius 1 is 1.00 bits per heavy atom. The quantitative estimate of drug-likeness (QED) is 0.136. The number of hydrogen-bond donors (Lipinski definition) is 1. The van der Waals surface area contributed by atoms with Gasteiger partial charge >= 0.3 is 0 Å². The number of methoxy groups -OCH3 is 1. The average molecular weight is 722 g/mol. The fraction of sp³-hybridized carbons (Fsp3) is 0.103. The van der Waals surface area contributed by atoms with E-state index in [0.717, 1.165) is 14.3 Å². The molecule has 0 aliphatic heterocycles. The van der Waals surface area contributed by atoms with Crippen LogP contribution in [0.5, 0.6) is 11.5 Å². The Morgan fingerprint density at radius 2 is 1.68 bits per heavy atom. The number of ether oxygens (including phenoxy) is 2. The highest BCUT2D eigenvalue weighted by Crippen LogP contribution is 2.37. The summed E-state index contributed by atoms with van der Waals surface area (Å²) in [6.45, 7) is -0.253. The van der Waals surface area contributed by atoms with Crippen molar-refractivity contribution < 1.29 is 22.7 Å². The van der Waals surface area contributed by atoms with Gasteiger partial charge in [0.1, 0.15) is 13.2 Å². The molecule has 12 heteroatoms. The summed E-state index contributed by atoms with van der Waals surface area (Å²) in [5.74, 6) is 0.286. The Bertz CT molecular complexity index is 1650. The van der Waals surface area contributed by atoms with Gasteiger partial charge in [0.2, 0.25) is 0 Å². The molecule has 4 aromatic carbocycles. The first-order chi connectivity index (χ1) is 19.7. The Labute approximate surface area is 260 Å². The second-order valence-electron chi connectivity index (χ2n) is 8.51. The van der Waals surface area contributed by atoms with Gasteiger partial charge in [-0.2, -0.15) is 5.10 Å². The lowest BCUT2D eigenvalue weighted by Crippen LogP contribution is -2.39. The van der Waals surface area contributed by atoms with Crippen LogP contribution >= 0.6 is 43.5 Å². The molecular formula is C29H24Br2ClN3O5S. The number of nitrogens with zero attached hydrogens (tertiary/aromatic N) is 2. The third-order valence-corrected chi connectivity index (χ3v) is 8.99. The number of rotatable bonds is 11. The molecule has 1 amide bonds. The molecule has 0 unspecified atom stereocenters. The van der Waals surface area contributed by atoms with Gasteiger partial charge in [-0.15, -0.1) is 0 Å². The normalized spacial score (nSPS) is 11.3. The Hall–Kier alpha value is -3.38. The molecule has 0 saturated heterocycles. The predicted molar refractivity (Wildman–Crippen MR) is 167 cm³/mol. The molecule has 0 aliphatic rings. The predicted octanol–water partition coefficient (Wildman–Crippen LogP) is 6.80. The van der Waals surface area contributed by atoms with Gasteiger partial charge < -0.3 is 9.47 Å². The van der Waals surface area contributed by atoms with E-state index in [1.54, 1.807) is 60.7 Å². The minimum absolute atomic E-state index is 0.0630. The number of hydrogen-bond acceptors (Lipinski definition) is 6. The number of carbonyl (C=O) groups excluding carboxylic acids is 1. The fourth-order valence-corrected chi connectivity index (χ4v) is 6.18. The number of benzene rings is 4. The van der Waals surface area contributed by atoms with Crippen LogP contribution in [0, 0.1) is 0 Å². The standard InChI is InChI=1S/C29H24Br2ClN3O5S/c1-39-27-16-20(15-25(31)29(27)40-19-21-7-5-6-10-26(21)32)17-33-34-28(36)18-35(23-13-11-22(30)12-14-23)41(37,38)24-8-3-2-4-9-24/h2-17H,18-19H2,1H3,(H,34,36)/b33-17+. The number of carbonyl (C=O) groups is 1. The molecule has 0 aromatic heterocycles. The second-order valence-corrected chi connectivity index (χ2v) is 12.5. The number of anilines is 1. The van der Waals surface area contributed by atoms with Crippen LogP contribution in [-0.2, 0) is 21.4 Å². The van der Waals surface area contributed by atoms with E-state index in [1.807, 2.05) is 18.2 Å². The SMILES string of the molecule is COc1cc(/C=N/NC(=O)CN(c2ccc(Br)cc2)S(=O)(=O)c2ccccc2)cc(Br)c1OCc1ccccc1Cl. The third kappa shape index (κ3) is 7.88. The number of amides is 1. The molecule has 0 atom stereocenters. The highest BCUT2D eigenvalue weighted by atomic mass is 79.9. The Balaban J connectivity index is 1.48. The topological polar surface area (TPSA) is 97.3 Å². The van der Waals surface area contributed by atoms with Crippen molar-refractivity contribution in [2.75, 3.05) is 18.0 Å². The Morgan fingerprint density at radius 3 is 2.37 bits per heavy atom. The van der Waals surface area contributed by atoms with Crippen molar-refractivity contribution in [1.29, 1.82) is 0 Å². The minimum atomic E-state index is -4.03. The van der Waals surface area contributed by atoms with Crippen molar-refractivity contribution in [3.63, 3.8) is 0 Å². The molecule has 41 heavy (non-hydrogen) atoms. The molecule has 4 rings (SSSR count). The molecule has 0 bridgehead atoms. The summed E-state index contributed by atoms with van der Waals surface area (Å²) in [7, 11) is -2.52. The van der Waals surface area contributed by atoms with E-state index in [9.17, 15) is 13.2 Å². The molecule has 0 heterocycles. The Kier molecular flexibility index (Phi) is 10.4. The molecule has 8 nitrogen and oxygen atoms in total. The van der Waals surface area contributed by atoms with Crippen molar-refractivity contribution >= 4 is 71.3 Å². The molecule has 0 fully saturated rings. The zero-order valence-corrected chi connectivity index (χ0v) is 26.4. The minimum Gasteiger partial charge on any atom is -0.493 e. The summed E-state index contributed by atoms with van der Waals surface area (Å²) in [6.07, 6.45) is 1.42. The van der Waals surface area contributed by atoms with E-state index in [0.29, 0.717) is 32.2 Å². The summed E-state index contributed by atoms with van der Waals surface area (Å²) in [6, 6.07) is 25.3. The molecule has 212 valence electrons. The van der Waals surface area contributed by atoms with E-state index in [-0.39, 0.29) is 11.5 Å². The maximum Gasteiger partial charge on any atom is 0.264 e. The van der Waals surface area contributed by atoms with Gasteiger partial charge in [-0.3, -0.25) is 9.10 Å². The first-order valence-electron chi connectivity index (χ1n) is 12.1. The monoisotopic (exact) mass is 719 g/mol. The third-order valence-electron chi connectivity index (χ3n) is 5.72. The number of hydrazone groups is 1. The smallest absolute Gasteiger partial charge is 0.264 e. The van der Waals surface area contributed by atoms with Gasteiger partial charge in [-0.1, -0.05) is 63.9 Å². The van der Waals surface area contributed by atoms with Crippen LogP contribution in [0.4, 0.5) is 5.69 Å². The maximum absolute atomic E-state index is 13.4. The van der Waals surface area contributed by atoms with E-state index >= 15 is 0 Å². The van der Waals surface area contributed by atoms with Crippen LogP contribution < -0.4 is 19.2 Å². The zero-order valence-electron chi connectivity index (χ0n) is 21.6.